The molecule has 0 fully saturated rings. The first kappa shape index (κ1) is 14.6. The molecule has 0 saturated carbocycles. The second-order valence-electron chi connectivity index (χ2n) is 4.42. The van der Waals surface area contributed by atoms with E-state index in [9.17, 15) is 4.79 Å². The van der Waals surface area contributed by atoms with E-state index in [2.05, 4.69) is 17.1 Å². The van der Waals surface area contributed by atoms with E-state index in [1.165, 1.54) is 0 Å². The van der Waals surface area contributed by atoms with Crippen molar-refractivity contribution in [3.05, 3.63) is 23.0 Å². The van der Waals surface area contributed by atoms with E-state index >= 15 is 0 Å². The molecule has 1 aromatic heterocycles. The number of nitrogens with zero attached hydrogens (tertiary/aromatic N) is 3. The second-order valence-corrected chi connectivity index (χ2v) is 4.42. The number of hydrogen-bond acceptors (Lipinski definition) is 4. The number of aromatic nitrogens is 2. The fraction of sp³-hybridized carbons (Fsp3) is 0.615. The molecule has 0 spiro atoms. The molecule has 0 radical (unpaired) electrons. The Balaban J connectivity index is 2.90. The van der Waals surface area contributed by atoms with Gasteiger partial charge in [-0.3, -0.25) is 4.79 Å². The molecule has 0 unspecified atom stereocenters. The van der Waals surface area contributed by atoms with Crippen molar-refractivity contribution in [1.29, 1.82) is 0 Å². The van der Waals surface area contributed by atoms with Gasteiger partial charge in [-0.1, -0.05) is 13.3 Å². The lowest BCUT2D eigenvalue weighted by molar-refractivity contribution is 0.0756. The smallest absolute Gasteiger partial charge is 0.255 e. The molecule has 0 aromatic carbocycles. The Kier molecular flexibility index (Phi) is 5.71. The molecule has 0 bridgehead atoms. The fourth-order valence-corrected chi connectivity index (χ4v) is 1.76. The number of nitrogens with two attached hydrogens (primary N) is 1. The molecule has 1 aromatic rings. The molecule has 0 aliphatic heterocycles. The highest BCUT2D eigenvalue weighted by molar-refractivity contribution is 5.95. The topological polar surface area (TPSA) is 72.1 Å². The predicted molar refractivity (Wildman–Crippen MR) is 71.4 cm³/mol. The molecule has 0 aliphatic rings. The van der Waals surface area contributed by atoms with E-state index in [-0.39, 0.29) is 5.91 Å². The summed E-state index contributed by atoms with van der Waals surface area (Å²) in [7, 11) is 0. The summed E-state index contributed by atoms with van der Waals surface area (Å²) >= 11 is 0. The average molecular weight is 250 g/mol. The number of amides is 1. The lowest BCUT2D eigenvalue weighted by atomic mass is 10.1. The highest BCUT2D eigenvalue weighted by Gasteiger charge is 2.17. The Morgan fingerprint density at radius 2 is 2.06 bits per heavy atom. The molecule has 2 N–H and O–H groups in total. The Morgan fingerprint density at radius 3 is 2.67 bits per heavy atom. The van der Waals surface area contributed by atoms with E-state index in [4.69, 9.17) is 5.73 Å². The van der Waals surface area contributed by atoms with Crippen LogP contribution in [-0.2, 0) is 0 Å². The highest BCUT2D eigenvalue weighted by Crippen LogP contribution is 2.10. The summed E-state index contributed by atoms with van der Waals surface area (Å²) in [4.78, 5) is 14.2. The van der Waals surface area contributed by atoms with Crippen LogP contribution in [0.3, 0.4) is 0 Å². The average Bonchev–Trinajstić information content (AvgIpc) is 2.36. The van der Waals surface area contributed by atoms with E-state index in [1.54, 1.807) is 17.9 Å². The van der Waals surface area contributed by atoms with Crippen molar-refractivity contribution < 1.29 is 4.79 Å². The molecule has 5 heteroatoms. The summed E-state index contributed by atoms with van der Waals surface area (Å²) in [6.45, 7) is 7.55. The number of hydrogen-bond donors (Lipinski definition) is 1. The summed E-state index contributed by atoms with van der Waals surface area (Å²) in [5.74, 6) is 0.00407. The van der Waals surface area contributed by atoms with Crippen molar-refractivity contribution in [1.82, 2.24) is 15.1 Å². The second kappa shape index (κ2) is 7.06. The highest BCUT2D eigenvalue weighted by atomic mass is 16.2. The maximum absolute atomic E-state index is 12.4. The predicted octanol–water partition coefficient (Wildman–Crippen LogP) is 1.29. The zero-order valence-corrected chi connectivity index (χ0v) is 11.4. The van der Waals surface area contributed by atoms with E-state index in [1.807, 2.05) is 6.92 Å². The van der Waals surface area contributed by atoms with Crippen LogP contribution in [0.25, 0.3) is 0 Å². The van der Waals surface area contributed by atoms with Crippen molar-refractivity contribution >= 4 is 5.91 Å². The van der Waals surface area contributed by atoms with Gasteiger partial charge in [0, 0.05) is 19.6 Å². The first-order valence-corrected chi connectivity index (χ1v) is 6.40. The van der Waals surface area contributed by atoms with E-state index in [0.29, 0.717) is 24.3 Å². The summed E-state index contributed by atoms with van der Waals surface area (Å²) < 4.78 is 0. The molecule has 0 saturated heterocycles. The first-order valence-electron chi connectivity index (χ1n) is 6.40. The third-order valence-electron chi connectivity index (χ3n) is 2.80. The van der Waals surface area contributed by atoms with Crippen molar-refractivity contribution in [2.75, 3.05) is 19.6 Å². The van der Waals surface area contributed by atoms with Gasteiger partial charge in [-0.05, 0) is 26.3 Å². The van der Waals surface area contributed by atoms with Gasteiger partial charge in [0.1, 0.15) is 0 Å². The molecule has 0 aliphatic carbocycles. The van der Waals surface area contributed by atoms with Crippen LogP contribution in [0.15, 0.2) is 6.07 Å². The summed E-state index contributed by atoms with van der Waals surface area (Å²) in [5, 5.41) is 7.94. The van der Waals surface area contributed by atoms with Crippen LogP contribution >= 0.6 is 0 Å². The van der Waals surface area contributed by atoms with Gasteiger partial charge >= 0.3 is 0 Å². The monoisotopic (exact) mass is 250 g/mol. The van der Waals surface area contributed by atoms with Crippen LogP contribution in [0.5, 0.6) is 0 Å². The van der Waals surface area contributed by atoms with Gasteiger partial charge in [0.2, 0.25) is 0 Å². The quantitative estimate of drug-likeness (QED) is 0.826. The third-order valence-corrected chi connectivity index (χ3v) is 2.80. The molecule has 1 heterocycles. The number of unbranched alkanes of at least 4 members (excludes halogenated alkanes) is 1. The Bertz CT molecular complexity index is 406. The zero-order chi connectivity index (χ0) is 13.5. The molecule has 5 nitrogen and oxygen atoms in total. The molecule has 0 atom stereocenters. The molecule has 1 amide bonds. The normalized spacial score (nSPS) is 10.4. The van der Waals surface area contributed by atoms with Gasteiger partial charge in [-0.2, -0.15) is 10.2 Å². The van der Waals surface area contributed by atoms with Gasteiger partial charge in [0.05, 0.1) is 17.0 Å². The molecule has 100 valence electrons. The number of aryl methyl sites for hydroxylation is 2. The van der Waals surface area contributed by atoms with Crippen molar-refractivity contribution in [2.45, 2.75) is 33.6 Å². The van der Waals surface area contributed by atoms with Gasteiger partial charge in [0.25, 0.3) is 5.91 Å². The summed E-state index contributed by atoms with van der Waals surface area (Å²) in [6.07, 6.45) is 2.04. The minimum Gasteiger partial charge on any atom is -0.337 e. The van der Waals surface area contributed by atoms with Crippen LogP contribution in [0.2, 0.25) is 0 Å². The van der Waals surface area contributed by atoms with Crippen molar-refractivity contribution in [3.8, 4) is 0 Å². The zero-order valence-electron chi connectivity index (χ0n) is 11.4. The minimum atomic E-state index is 0.00407. The van der Waals surface area contributed by atoms with E-state index in [0.717, 1.165) is 25.1 Å². The van der Waals surface area contributed by atoms with E-state index < -0.39 is 0 Å². The number of rotatable bonds is 6. The molecule has 18 heavy (non-hydrogen) atoms. The lowest BCUT2D eigenvalue weighted by Gasteiger charge is -2.22. The van der Waals surface area contributed by atoms with Gasteiger partial charge in [-0.15, -0.1) is 0 Å². The van der Waals surface area contributed by atoms with Gasteiger partial charge in [-0.25, -0.2) is 0 Å². The Morgan fingerprint density at radius 1 is 1.33 bits per heavy atom. The maximum Gasteiger partial charge on any atom is 0.255 e. The fourth-order valence-electron chi connectivity index (χ4n) is 1.76. The van der Waals surface area contributed by atoms with Crippen LogP contribution in [0.1, 0.15) is 41.5 Å². The van der Waals surface area contributed by atoms with Gasteiger partial charge in [0.15, 0.2) is 0 Å². The van der Waals surface area contributed by atoms with Gasteiger partial charge < -0.3 is 10.6 Å². The Labute approximate surface area is 108 Å². The molecular weight excluding hydrogens is 228 g/mol. The SMILES string of the molecule is CCCCN(CCN)C(=O)c1cc(C)nnc1C. The third kappa shape index (κ3) is 3.77. The maximum atomic E-state index is 12.4. The van der Waals surface area contributed by atoms with Crippen LogP contribution in [-0.4, -0.2) is 40.6 Å². The number of carbonyl (C=O) groups excluding carboxylic acids is 1. The lowest BCUT2D eigenvalue weighted by Crippen LogP contribution is -2.36. The Hall–Kier alpha value is -1.49. The first-order chi connectivity index (χ1) is 8.60. The molecule has 1 rings (SSSR count). The largest absolute Gasteiger partial charge is 0.337 e. The standard InChI is InChI=1S/C13H22N4O/c1-4-5-7-17(8-6-14)13(18)12-9-10(2)15-16-11(12)3/h9H,4-8,14H2,1-3H3. The van der Waals surface area contributed by atoms with Crippen LogP contribution in [0, 0.1) is 13.8 Å². The number of carbonyl (C=O) groups is 1. The summed E-state index contributed by atoms with van der Waals surface area (Å²) in [6, 6.07) is 1.79. The van der Waals surface area contributed by atoms with Crippen LogP contribution in [0.4, 0.5) is 0 Å². The van der Waals surface area contributed by atoms with Crippen molar-refractivity contribution in [2.24, 2.45) is 5.73 Å². The molecular formula is C13H22N4O. The minimum absolute atomic E-state index is 0.00407. The summed E-state index contributed by atoms with van der Waals surface area (Å²) in [5.41, 5.74) is 7.62. The van der Waals surface area contributed by atoms with Crippen LogP contribution < -0.4 is 5.73 Å². The van der Waals surface area contributed by atoms with Crippen molar-refractivity contribution in [3.63, 3.8) is 0 Å².